The lowest BCUT2D eigenvalue weighted by molar-refractivity contribution is -0.179. The summed E-state index contributed by atoms with van der Waals surface area (Å²) in [6.07, 6.45) is 9.62. The first-order valence-electron chi connectivity index (χ1n) is 11.6. The summed E-state index contributed by atoms with van der Waals surface area (Å²) in [6, 6.07) is 0. The lowest BCUT2D eigenvalue weighted by Gasteiger charge is -2.61. The van der Waals surface area contributed by atoms with Gasteiger partial charge in [-0.15, -0.1) is 0 Å². The minimum atomic E-state index is -0.608. The van der Waals surface area contributed by atoms with E-state index in [4.69, 9.17) is 15.2 Å². The highest BCUT2D eigenvalue weighted by Gasteiger charge is 2.84. The third-order valence-corrected chi connectivity index (χ3v) is 11.8. The van der Waals surface area contributed by atoms with Crippen molar-refractivity contribution in [3.63, 3.8) is 0 Å². The minimum Gasteiger partial charge on any atom is -0.381 e. The van der Waals surface area contributed by atoms with Crippen LogP contribution in [0, 0.1) is 45.3 Å². The maximum absolute atomic E-state index is 12.4. The fourth-order valence-corrected chi connectivity index (χ4v) is 10.4. The molecule has 1 aliphatic heterocycles. The third kappa shape index (κ3) is 1.56. The first-order valence-corrected chi connectivity index (χ1v) is 11.6. The van der Waals surface area contributed by atoms with Crippen molar-refractivity contribution in [3.05, 3.63) is 0 Å². The molecule has 5 aliphatic carbocycles. The van der Waals surface area contributed by atoms with Gasteiger partial charge in [0.05, 0.1) is 17.6 Å². The van der Waals surface area contributed by atoms with Crippen molar-refractivity contribution >= 4 is 5.91 Å². The normalized spacial score (nSPS) is 60.9. The molecule has 4 nitrogen and oxygen atoms in total. The lowest BCUT2D eigenvalue weighted by atomic mass is 9.44. The zero-order chi connectivity index (χ0) is 19.9. The van der Waals surface area contributed by atoms with Gasteiger partial charge in [-0.3, -0.25) is 4.79 Å². The molecule has 1 spiro atoms. The van der Waals surface area contributed by atoms with Crippen LogP contribution >= 0.6 is 0 Å². The fraction of sp³-hybridized carbons (Fsp3) is 0.958. The molecule has 1 heterocycles. The number of primary amides is 1. The van der Waals surface area contributed by atoms with E-state index in [1.165, 1.54) is 38.5 Å². The number of hydrogen-bond donors (Lipinski definition) is 1. The molecule has 1 amide bonds. The van der Waals surface area contributed by atoms with Crippen LogP contribution in [0.5, 0.6) is 0 Å². The molecule has 0 bridgehead atoms. The van der Waals surface area contributed by atoms with Crippen molar-refractivity contribution in [2.24, 2.45) is 51.1 Å². The van der Waals surface area contributed by atoms with Crippen molar-refractivity contribution in [3.8, 4) is 0 Å². The number of amides is 1. The molecule has 0 unspecified atom stereocenters. The molecule has 6 aliphatic rings. The van der Waals surface area contributed by atoms with Crippen molar-refractivity contribution in [1.82, 2.24) is 0 Å². The number of methoxy groups -OCH3 is 1. The topological polar surface area (TPSA) is 64.8 Å². The Bertz CT molecular complexity index is 765. The van der Waals surface area contributed by atoms with Crippen LogP contribution < -0.4 is 5.73 Å². The van der Waals surface area contributed by atoms with Gasteiger partial charge in [0.15, 0.2) is 0 Å². The second kappa shape index (κ2) is 4.82. The zero-order valence-electron chi connectivity index (χ0n) is 18.2. The van der Waals surface area contributed by atoms with Gasteiger partial charge in [0, 0.05) is 17.9 Å². The maximum atomic E-state index is 12.4. The second-order valence-electron chi connectivity index (χ2n) is 12.3. The second-order valence-corrected chi connectivity index (χ2v) is 12.3. The fourth-order valence-electron chi connectivity index (χ4n) is 10.4. The molecule has 156 valence electrons. The van der Waals surface area contributed by atoms with E-state index >= 15 is 0 Å². The Hall–Kier alpha value is -0.610. The van der Waals surface area contributed by atoms with E-state index in [1.807, 2.05) is 21.0 Å². The Kier molecular flexibility index (Phi) is 3.13. The van der Waals surface area contributed by atoms with E-state index in [-0.39, 0.29) is 23.0 Å². The summed E-state index contributed by atoms with van der Waals surface area (Å²) >= 11 is 0. The van der Waals surface area contributed by atoms with Crippen LogP contribution in [0.15, 0.2) is 0 Å². The van der Waals surface area contributed by atoms with Crippen LogP contribution in [-0.4, -0.2) is 30.8 Å². The van der Waals surface area contributed by atoms with Crippen LogP contribution in [0.3, 0.4) is 0 Å². The first kappa shape index (κ1) is 18.2. The molecule has 1 saturated heterocycles. The van der Waals surface area contributed by atoms with Crippen molar-refractivity contribution in [2.75, 3.05) is 7.11 Å². The molecule has 2 N–H and O–H groups in total. The highest BCUT2D eigenvalue weighted by atomic mass is 16.6. The van der Waals surface area contributed by atoms with Gasteiger partial charge in [0.25, 0.3) is 0 Å². The van der Waals surface area contributed by atoms with Crippen LogP contribution in [0.25, 0.3) is 0 Å². The maximum Gasteiger partial charge on any atom is 0.226 e. The van der Waals surface area contributed by atoms with Crippen LogP contribution in [0.2, 0.25) is 0 Å². The number of epoxide rings is 1. The summed E-state index contributed by atoms with van der Waals surface area (Å²) in [7, 11) is 1.95. The quantitative estimate of drug-likeness (QED) is 0.747. The Morgan fingerprint density at radius 2 is 1.82 bits per heavy atom. The highest BCUT2D eigenvalue weighted by Crippen LogP contribution is 2.84. The predicted octanol–water partition coefficient (Wildman–Crippen LogP) is 3.91. The molecule has 6 fully saturated rings. The smallest absolute Gasteiger partial charge is 0.226 e. The van der Waals surface area contributed by atoms with Gasteiger partial charge in [-0.25, -0.2) is 0 Å². The Morgan fingerprint density at radius 3 is 2.46 bits per heavy atom. The summed E-state index contributed by atoms with van der Waals surface area (Å²) < 4.78 is 12.6. The number of fused-ring (bicyclic) bond motifs is 6. The summed E-state index contributed by atoms with van der Waals surface area (Å²) in [5, 5.41) is 0. The number of rotatable bonds is 3. The van der Waals surface area contributed by atoms with E-state index < -0.39 is 5.41 Å². The zero-order valence-corrected chi connectivity index (χ0v) is 18.2. The standard InChI is InChI=1S/C24H37NO3/c1-20(2,19(25)26)24-18(28-24)11-16-14-10-17(27-5)23-12-13(23)6-8-21(23,3)15(14)7-9-22(16,24)4/h13-18H,6-12H2,1-5H3,(H2,25,26)/t13-,14-,15+,16+,17-,18-,21-,22+,23+,24+/m1/s1. The highest BCUT2D eigenvalue weighted by molar-refractivity contribution is 5.82. The minimum absolute atomic E-state index is 0.0536. The summed E-state index contributed by atoms with van der Waals surface area (Å²) in [5.74, 6) is 2.86. The lowest BCUT2D eigenvalue weighted by Crippen LogP contribution is -2.61. The van der Waals surface area contributed by atoms with Crippen LogP contribution in [0.1, 0.15) is 72.6 Å². The van der Waals surface area contributed by atoms with E-state index in [9.17, 15) is 4.79 Å². The van der Waals surface area contributed by atoms with Gasteiger partial charge >= 0.3 is 0 Å². The van der Waals surface area contributed by atoms with Gasteiger partial charge in [0.1, 0.15) is 5.60 Å². The molecule has 0 aromatic rings. The molecular weight excluding hydrogens is 350 g/mol. The molecule has 0 aromatic heterocycles. The average Bonchev–Trinajstić information content (AvgIpc) is 3.51. The van der Waals surface area contributed by atoms with Crippen molar-refractivity contribution < 1.29 is 14.3 Å². The van der Waals surface area contributed by atoms with E-state index in [0.717, 1.165) is 18.3 Å². The van der Waals surface area contributed by atoms with Gasteiger partial charge in [0.2, 0.25) is 5.91 Å². The number of carbonyl (C=O) groups excluding carboxylic acids is 1. The molecule has 10 atom stereocenters. The van der Waals surface area contributed by atoms with Crippen molar-refractivity contribution in [2.45, 2.75) is 90.4 Å². The number of ether oxygens (including phenoxy) is 2. The van der Waals surface area contributed by atoms with E-state index in [0.29, 0.717) is 28.8 Å². The third-order valence-electron chi connectivity index (χ3n) is 11.8. The van der Waals surface area contributed by atoms with Gasteiger partial charge in [-0.05, 0) is 87.9 Å². The van der Waals surface area contributed by atoms with Crippen LogP contribution in [-0.2, 0) is 14.3 Å². The number of nitrogens with two attached hydrogens (primary N) is 1. The Morgan fingerprint density at radius 1 is 1.11 bits per heavy atom. The summed E-state index contributed by atoms with van der Waals surface area (Å²) in [5.41, 5.74) is 5.91. The Balaban J connectivity index is 1.40. The average molecular weight is 388 g/mol. The molecule has 4 heteroatoms. The summed E-state index contributed by atoms with van der Waals surface area (Å²) in [4.78, 5) is 12.4. The number of hydrogen-bond acceptors (Lipinski definition) is 3. The first-order chi connectivity index (χ1) is 13.1. The van der Waals surface area contributed by atoms with E-state index in [1.54, 1.807) is 0 Å². The van der Waals surface area contributed by atoms with Gasteiger partial charge in [-0.1, -0.05) is 13.8 Å². The predicted molar refractivity (Wildman–Crippen MR) is 106 cm³/mol. The largest absolute Gasteiger partial charge is 0.381 e. The Labute approximate surface area is 169 Å². The van der Waals surface area contributed by atoms with E-state index in [2.05, 4.69) is 13.8 Å². The molecule has 6 rings (SSSR count). The molecule has 28 heavy (non-hydrogen) atoms. The SMILES string of the molecule is CO[C@@H]1C[C@H]2[C@@H]3C[C@H]4O[C@@]4(C(C)(C)C(N)=O)[C@@]3(C)CC[C@@H]2[C@@]2(C)CC[C@@H]3C[C@]312. The van der Waals surface area contributed by atoms with Gasteiger partial charge < -0.3 is 15.2 Å². The monoisotopic (exact) mass is 387 g/mol. The van der Waals surface area contributed by atoms with Crippen LogP contribution in [0.4, 0.5) is 0 Å². The molecule has 5 saturated carbocycles. The number of carbonyl (C=O) groups is 1. The van der Waals surface area contributed by atoms with Crippen molar-refractivity contribution in [1.29, 1.82) is 0 Å². The molecule has 0 aromatic carbocycles. The van der Waals surface area contributed by atoms with Gasteiger partial charge in [-0.2, -0.15) is 0 Å². The molecule has 0 radical (unpaired) electrons. The molecular formula is C24H37NO3. The summed E-state index contributed by atoms with van der Waals surface area (Å²) in [6.45, 7) is 9.08.